The third kappa shape index (κ3) is 3.59. The molecule has 4 nitrogen and oxygen atoms in total. The molecule has 0 saturated carbocycles. The molecule has 0 spiro atoms. The van der Waals surface area contributed by atoms with Crippen molar-refractivity contribution in [3.05, 3.63) is 64.7 Å². The van der Waals surface area contributed by atoms with Crippen LogP contribution in [0.4, 0.5) is 8.78 Å². The summed E-state index contributed by atoms with van der Waals surface area (Å²) in [6, 6.07) is 8.13. The zero-order valence-corrected chi connectivity index (χ0v) is 14.5. The van der Waals surface area contributed by atoms with E-state index in [1.54, 1.807) is 26.0 Å². The molecule has 2 aromatic carbocycles. The minimum atomic E-state index is -0.430. The number of fused-ring (bicyclic) bond motifs is 1. The Labute approximate surface area is 150 Å². The highest BCUT2D eigenvalue weighted by atomic mass is 19.1. The Balaban J connectivity index is 1.65. The van der Waals surface area contributed by atoms with E-state index in [0.29, 0.717) is 5.56 Å². The molecule has 0 unspecified atom stereocenters. The van der Waals surface area contributed by atoms with Crippen molar-refractivity contribution in [1.82, 2.24) is 5.32 Å². The first kappa shape index (κ1) is 18.0. The summed E-state index contributed by atoms with van der Waals surface area (Å²) in [4.78, 5) is 24.2. The van der Waals surface area contributed by atoms with Crippen LogP contribution in [0.15, 0.2) is 36.4 Å². The van der Waals surface area contributed by atoms with Crippen LogP contribution in [0, 0.1) is 11.6 Å². The van der Waals surface area contributed by atoms with Crippen LogP contribution in [-0.4, -0.2) is 18.3 Å². The van der Waals surface area contributed by atoms with Crippen LogP contribution in [0.3, 0.4) is 0 Å². The van der Waals surface area contributed by atoms with Gasteiger partial charge in [-0.1, -0.05) is 19.1 Å². The monoisotopic (exact) mass is 359 g/mol. The topological polar surface area (TPSA) is 55.4 Å². The first-order valence-corrected chi connectivity index (χ1v) is 8.40. The standard InChI is InChI=1S/C20H19F2NO3/c1-11-9-16(24)20-17(8-7-15(22)19(11)20)26-10-18(25)23-12(2)13-3-5-14(21)6-4-13/h3-8,11-12H,9-10H2,1-2H3,(H,23,25)/t11-,12+/m0/s1. The molecule has 0 heterocycles. The maximum absolute atomic E-state index is 14.0. The predicted octanol–water partition coefficient (Wildman–Crippen LogP) is 3.91. The van der Waals surface area contributed by atoms with Gasteiger partial charge in [0.2, 0.25) is 0 Å². The average molecular weight is 359 g/mol. The smallest absolute Gasteiger partial charge is 0.258 e. The lowest BCUT2D eigenvalue weighted by Gasteiger charge is -2.16. The first-order valence-electron chi connectivity index (χ1n) is 8.40. The first-order chi connectivity index (χ1) is 12.4. The third-order valence-corrected chi connectivity index (χ3v) is 4.52. The predicted molar refractivity (Wildman–Crippen MR) is 92.2 cm³/mol. The SMILES string of the molecule is C[C@H]1CC(=O)c2c(OCC(=O)N[C@H](C)c3ccc(F)cc3)ccc(F)c21. The number of ether oxygens (including phenoxy) is 1. The Hall–Kier alpha value is -2.76. The number of benzene rings is 2. The number of carbonyl (C=O) groups is 2. The van der Waals surface area contributed by atoms with Crippen LogP contribution in [-0.2, 0) is 4.79 Å². The summed E-state index contributed by atoms with van der Waals surface area (Å²) in [5, 5.41) is 2.74. The highest BCUT2D eigenvalue weighted by Gasteiger charge is 2.32. The Morgan fingerprint density at radius 3 is 2.62 bits per heavy atom. The molecule has 0 aliphatic heterocycles. The molecule has 2 atom stereocenters. The van der Waals surface area contributed by atoms with Gasteiger partial charge in [-0.25, -0.2) is 8.78 Å². The van der Waals surface area contributed by atoms with Crippen molar-refractivity contribution in [3.8, 4) is 5.75 Å². The molecule has 6 heteroatoms. The van der Waals surface area contributed by atoms with Crippen LogP contribution in [0.25, 0.3) is 0 Å². The summed E-state index contributed by atoms with van der Waals surface area (Å²) >= 11 is 0. The van der Waals surface area contributed by atoms with Gasteiger partial charge in [-0.3, -0.25) is 9.59 Å². The second kappa shape index (κ2) is 7.23. The van der Waals surface area contributed by atoms with E-state index in [4.69, 9.17) is 4.74 Å². The van der Waals surface area contributed by atoms with Gasteiger partial charge in [0, 0.05) is 12.0 Å². The number of rotatable bonds is 5. The van der Waals surface area contributed by atoms with Gasteiger partial charge < -0.3 is 10.1 Å². The lowest BCUT2D eigenvalue weighted by atomic mass is 10.0. The van der Waals surface area contributed by atoms with Gasteiger partial charge in [0.1, 0.15) is 17.4 Å². The van der Waals surface area contributed by atoms with Gasteiger partial charge in [0.25, 0.3) is 5.91 Å². The summed E-state index contributed by atoms with van der Waals surface area (Å²) in [6.07, 6.45) is 0.237. The number of carbonyl (C=O) groups excluding carboxylic acids is 2. The summed E-state index contributed by atoms with van der Waals surface area (Å²) in [5.41, 5.74) is 1.34. The molecule has 0 radical (unpaired) electrons. The van der Waals surface area contributed by atoms with Gasteiger partial charge in [0.15, 0.2) is 12.4 Å². The molecule has 1 aliphatic carbocycles. The molecular formula is C20H19F2NO3. The van der Waals surface area contributed by atoms with E-state index in [1.807, 2.05) is 0 Å². The molecule has 2 aromatic rings. The zero-order chi connectivity index (χ0) is 18.8. The normalized spacial score (nSPS) is 16.9. The molecule has 1 amide bonds. The van der Waals surface area contributed by atoms with Crippen molar-refractivity contribution in [2.45, 2.75) is 32.2 Å². The molecule has 0 aromatic heterocycles. The van der Waals surface area contributed by atoms with Gasteiger partial charge >= 0.3 is 0 Å². The van der Waals surface area contributed by atoms with Crippen LogP contribution in [0.2, 0.25) is 0 Å². The number of amides is 1. The van der Waals surface area contributed by atoms with Crippen LogP contribution >= 0.6 is 0 Å². The van der Waals surface area contributed by atoms with E-state index in [9.17, 15) is 18.4 Å². The van der Waals surface area contributed by atoms with Crippen LogP contribution in [0.1, 0.15) is 53.7 Å². The maximum Gasteiger partial charge on any atom is 0.258 e. The fraction of sp³-hybridized carbons (Fsp3) is 0.300. The summed E-state index contributed by atoms with van der Waals surface area (Å²) < 4.78 is 32.4. The molecular weight excluding hydrogens is 340 g/mol. The molecule has 0 saturated heterocycles. The number of hydrogen-bond donors (Lipinski definition) is 1. The second-order valence-corrected chi connectivity index (χ2v) is 6.49. The molecule has 0 fully saturated rings. The van der Waals surface area contributed by atoms with E-state index >= 15 is 0 Å². The molecule has 136 valence electrons. The maximum atomic E-state index is 14.0. The van der Waals surface area contributed by atoms with Crippen molar-refractivity contribution >= 4 is 11.7 Å². The number of nitrogens with one attached hydrogen (secondary N) is 1. The highest BCUT2D eigenvalue weighted by molar-refractivity contribution is 6.03. The minimum absolute atomic E-state index is 0.179. The lowest BCUT2D eigenvalue weighted by molar-refractivity contribution is -0.123. The molecule has 26 heavy (non-hydrogen) atoms. The largest absolute Gasteiger partial charge is 0.483 e. The number of hydrogen-bond acceptors (Lipinski definition) is 3. The highest BCUT2D eigenvalue weighted by Crippen LogP contribution is 2.39. The summed E-state index contributed by atoms with van der Waals surface area (Å²) in [5.74, 6) is -1.33. The second-order valence-electron chi connectivity index (χ2n) is 6.49. The van der Waals surface area contributed by atoms with E-state index < -0.39 is 11.7 Å². The fourth-order valence-corrected chi connectivity index (χ4v) is 3.21. The van der Waals surface area contributed by atoms with Crippen molar-refractivity contribution in [2.75, 3.05) is 6.61 Å². The van der Waals surface area contributed by atoms with Crippen molar-refractivity contribution in [2.24, 2.45) is 0 Å². The van der Waals surface area contributed by atoms with Gasteiger partial charge in [-0.05, 0) is 42.7 Å². The lowest BCUT2D eigenvalue weighted by Crippen LogP contribution is -2.31. The quantitative estimate of drug-likeness (QED) is 0.881. The number of halogens is 2. The molecule has 1 N–H and O–H groups in total. The van der Waals surface area contributed by atoms with Crippen LogP contribution < -0.4 is 10.1 Å². The Morgan fingerprint density at radius 2 is 1.92 bits per heavy atom. The van der Waals surface area contributed by atoms with E-state index in [0.717, 1.165) is 5.56 Å². The third-order valence-electron chi connectivity index (χ3n) is 4.52. The molecule has 0 bridgehead atoms. The van der Waals surface area contributed by atoms with Crippen molar-refractivity contribution < 1.29 is 23.1 Å². The van der Waals surface area contributed by atoms with E-state index in [2.05, 4.69) is 5.32 Å². The minimum Gasteiger partial charge on any atom is -0.483 e. The fourth-order valence-electron chi connectivity index (χ4n) is 3.21. The number of ketones is 1. The van der Waals surface area contributed by atoms with Gasteiger partial charge in [0.05, 0.1) is 11.6 Å². The van der Waals surface area contributed by atoms with Crippen molar-refractivity contribution in [1.29, 1.82) is 0 Å². The van der Waals surface area contributed by atoms with Crippen molar-refractivity contribution in [3.63, 3.8) is 0 Å². The molecule has 1 aliphatic rings. The number of Topliss-reactive ketones (excluding diaryl/α,β-unsaturated/α-hetero) is 1. The molecule has 3 rings (SSSR count). The van der Waals surface area contributed by atoms with E-state index in [-0.39, 0.29) is 47.9 Å². The van der Waals surface area contributed by atoms with Gasteiger partial charge in [-0.15, -0.1) is 0 Å². The van der Waals surface area contributed by atoms with E-state index in [1.165, 1.54) is 24.3 Å². The Bertz CT molecular complexity index is 849. The average Bonchev–Trinajstić information content (AvgIpc) is 2.90. The summed E-state index contributed by atoms with van der Waals surface area (Å²) in [7, 11) is 0. The van der Waals surface area contributed by atoms with Gasteiger partial charge in [-0.2, -0.15) is 0 Å². The van der Waals surface area contributed by atoms with Crippen LogP contribution in [0.5, 0.6) is 5.75 Å². The Morgan fingerprint density at radius 1 is 1.23 bits per heavy atom. The zero-order valence-electron chi connectivity index (χ0n) is 14.5. The summed E-state index contributed by atoms with van der Waals surface area (Å²) in [6.45, 7) is 3.25. The Kier molecular flexibility index (Phi) is 5.02.